The summed E-state index contributed by atoms with van der Waals surface area (Å²) in [5.74, 6) is -0.180. The molecule has 0 bridgehead atoms. The number of rotatable bonds is 6. The highest BCUT2D eigenvalue weighted by Gasteiger charge is 2.35. The number of likely N-dealkylation sites (tertiary alicyclic amines) is 1. The smallest absolute Gasteiger partial charge is 0.387 e. The molecule has 1 fully saturated rings. The van der Waals surface area contributed by atoms with Crippen LogP contribution in [0, 0.1) is 5.92 Å². The Morgan fingerprint density at radius 2 is 1.91 bits per heavy atom. The van der Waals surface area contributed by atoms with E-state index >= 15 is 0 Å². The molecule has 33 heavy (non-hydrogen) atoms. The molecular weight excluding hydrogens is 428 g/mol. The van der Waals surface area contributed by atoms with Gasteiger partial charge < -0.3 is 19.6 Å². The molecule has 1 N–H and O–H groups in total. The highest BCUT2D eigenvalue weighted by atomic mass is 19.3. The second kappa shape index (κ2) is 9.47. The average Bonchev–Trinajstić information content (AvgIpc) is 2.77. The van der Waals surface area contributed by atoms with Crippen LogP contribution in [-0.4, -0.2) is 54.0 Å². The number of benzene rings is 2. The van der Waals surface area contributed by atoms with E-state index in [0.717, 1.165) is 11.4 Å². The van der Waals surface area contributed by atoms with Gasteiger partial charge in [0.15, 0.2) is 0 Å². The molecule has 176 valence electrons. The monoisotopic (exact) mass is 457 g/mol. The topological polar surface area (TPSA) is 65.4 Å². The van der Waals surface area contributed by atoms with Crippen LogP contribution in [0.1, 0.15) is 43.5 Å². The van der Waals surface area contributed by atoms with E-state index in [0.29, 0.717) is 50.5 Å². The van der Waals surface area contributed by atoms with Crippen molar-refractivity contribution in [3.63, 3.8) is 0 Å². The Kier molecular flexibility index (Phi) is 6.65. The van der Waals surface area contributed by atoms with Crippen molar-refractivity contribution >= 4 is 29.2 Å². The second-order valence-corrected chi connectivity index (χ2v) is 9.08. The third-order valence-electron chi connectivity index (χ3n) is 6.16. The molecule has 2 aromatic rings. The third-order valence-corrected chi connectivity index (χ3v) is 6.16. The van der Waals surface area contributed by atoms with Gasteiger partial charge in [0.2, 0.25) is 0 Å². The van der Waals surface area contributed by atoms with Gasteiger partial charge >= 0.3 is 6.61 Å². The third kappa shape index (κ3) is 5.16. The number of piperidine rings is 1. The average molecular weight is 458 g/mol. The zero-order chi connectivity index (χ0) is 23.6. The predicted octanol–water partition coefficient (Wildman–Crippen LogP) is 5.16. The van der Waals surface area contributed by atoms with Gasteiger partial charge in [0.1, 0.15) is 5.75 Å². The molecule has 1 saturated heterocycles. The lowest BCUT2D eigenvalue weighted by molar-refractivity contribution is -0.0505. The van der Waals surface area contributed by atoms with E-state index in [2.05, 4.69) is 18.8 Å². The molecule has 0 saturated carbocycles. The Labute approximate surface area is 192 Å². The van der Waals surface area contributed by atoms with Gasteiger partial charge in [0.05, 0.1) is 29.1 Å². The number of anilines is 2. The molecule has 0 spiro atoms. The van der Waals surface area contributed by atoms with E-state index in [1.165, 1.54) is 6.07 Å². The van der Waals surface area contributed by atoms with Crippen molar-refractivity contribution in [2.24, 2.45) is 10.9 Å². The molecule has 0 aromatic heterocycles. The number of para-hydroxylation sites is 2. The van der Waals surface area contributed by atoms with Gasteiger partial charge in [-0.05, 0) is 49.4 Å². The second-order valence-electron chi connectivity index (χ2n) is 9.08. The van der Waals surface area contributed by atoms with Crippen LogP contribution in [0.2, 0.25) is 0 Å². The molecular formula is C25H29F2N3O3. The number of hydrogen-bond acceptors (Lipinski definition) is 5. The number of ether oxygens (including phenoxy) is 1. The summed E-state index contributed by atoms with van der Waals surface area (Å²) in [6.07, 6.45) is 3.35. The number of carbonyl (C=O) groups excluding carboxylic acids is 1. The minimum Gasteiger partial charge on any atom is -0.434 e. The molecule has 0 radical (unpaired) electrons. The van der Waals surface area contributed by atoms with Gasteiger partial charge in [-0.2, -0.15) is 8.78 Å². The Morgan fingerprint density at radius 1 is 1.18 bits per heavy atom. The van der Waals surface area contributed by atoms with Crippen LogP contribution in [-0.2, 0) is 0 Å². The lowest BCUT2D eigenvalue weighted by atomic mass is 9.84. The van der Waals surface area contributed by atoms with Crippen LogP contribution in [0.3, 0.4) is 0 Å². The number of carbonyl (C=O) groups is 1. The summed E-state index contributed by atoms with van der Waals surface area (Å²) < 4.78 is 31.2. The maximum Gasteiger partial charge on any atom is 0.387 e. The Hall–Kier alpha value is -3.00. The first kappa shape index (κ1) is 23.2. The Balaban J connectivity index is 1.58. The van der Waals surface area contributed by atoms with Crippen molar-refractivity contribution in [2.45, 2.75) is 45.3 Å². The summed E-state index contributed by atoms with van der Waals surface area (Å²) in [7, 11) is 0. The van der Waals surface area contributed by atoms with Crippen LogP contribution in [0.4, 0.5) is 25.8 Å². The van der Waals surface area contributed by atoms with E-state index < -0.39 is 12.2 Å². The highest BCUT2D eigenvalue weighted by molar-refractivity contribution is 5.98. The standard InChI is InChI=1S/C25H29F2N3O3/c1-17(2)16-25(32)9-12-29(13-10-25)23(31)19-8-7-18(15-22(19)33-24(26)27)30-14-11-28-20-5-3-4-6-21(20)30/h3-8,11,15,17,24,32H,9-10,12-14,16H2,1-2H3. The quantitative estimate of drug-likeness (QED) is 0.651. The normalized spacial score (nSPS) is 17.4. The largest absolute Gasteiger partial charge is 0.434 e. The van der Waals surface area contributed by atoms with Crippen molar-refractivity contribution in [1.82, 2.24) is 4.90 Å². The van der Waals surface area contributed by atoms with Crippen molar-refractivity contribution in [2.75, 3.05) is 24.5 Å². The fourth-order valence-electron chi connectivity index (χ4n) is 4.67. The van der Waals surface area contributed by atoms with Crippen LogP contribution in [0.15, 0.2) is 47.5 Å². The first-order valence-electron chi connectivity index (χ1n) is 11.3. The number of hydrogen-bond donors (Lipinski definition) is 1. The van der Waals surface area contributed by atoms with Crippen molar-refractivity contribution in [3.05, 3.63) is 48.0 Å². The van der Waals surface area contributed by atoms with E-state index in [1.54, 1.807) is 23.2 Å². The number of aliphatic imine (C=N–C) groups is 1. The maximum atomic E-state index is 13.2. The van der Waals surface area contributed by atoms with E-state index in [9.17, 15) is 18.7 Å². The van der Waals surface area contributed by atoms with Gasteiger partial charge in [-0.15, -0.1) is 0 Å². The molecule has 8 heteroatoms. The Morgan fingerprint density at radius 3 is 2.61 bits per heavy atom. The summed E-state index contributed by atoms with van der Waals surface area (Å²) in [6.45, 7) is 2.26. The van der Waals surface area contributed by atoms with Crippen LogP contribution in [0.5, 0.6) is 5.75 Å². The zero-order valence-corrected chi connectivity index (χ0v) is 18.9. The molecule has 0 unspecified atom stereocenters. The van der Waals surface area contributed by atoms with Crippen LogP contribution >= 0.6 is 0 Å². The van der Waals surface area contributed by atoms with Gasteiger partial charge in [-0.25, -0.2) is 0 Å². The van der Waals surface area contributed by atoms with E-state index in [-0.39, 0.29) is 17.2 Å². The van der Waals surface area contributed by atoms with Crippen molar-refractivity contribution < 1.29 is 23.4 Å². The summed E-state index contributed by atoms with van der Waals surface area (Å²) in [5.41, 5.74) is 1.56. The zero-order valence-electron chi connectivity index (χ0n) is 18.9. The fraction of sp³-hybridized carbons (Fsp3) is 0.440. The molecule has 0 atom stereocenters. The molecule has 2 heterocycles. The molecule has 2 aliphatic rings. The van der Waals surface area contributed by atoms with Crippen molar-refractivity contribution in [1.29, 1.82) is 0 Å². The number of fused-ring (bicyclic) bond motifs is 1. The van der Waals surface area contributed by atoms with Gasteiger partial charge in [-0.1, -0.05) is 26.0 Å². The number of aliphatic hydroxyl groups is 1. The lowest BCUT2D eigenvalue weighted by Gasteiger charge is -2.39. The Bertz CT molecular complexity index is 1030. The summed E-state index contributed by atoms with van der Waals surface area (Å²) in [5, 5.41) is 10.8. The number of amides is 1. The molecule has 2 aromatic carbocycles. The van der Waals surface area contributed by atoms with E-state index in [4.69, 9.17) is 4.74 Å². The maximum absolute atomic E-state index is 13.2. The van der Waals surface area contributed by atoms with Crippen molar-refractivity contribution in [3.8, 4) is 5.75 Å². The lowest BCUT2D eigenvalue weighted by Crippen LogP contribution is -2.47. The number of alkyl halides is 2. The minimum atomic E-state index is -3.06. The number of halogens is 2. The SMILES string of the molecule is CC(C)CC1(O)CCN(C(=O)c2ccc(N3CC=Nc4ccccc43)cc2OC(F)F)CC1. The van der Waals surface area contributed by atoms with E-state index in [1.807, 2.05) is 29.2 Å². The predicted molar refractivity (Wildman–Crippen MR) is 124 cm³/mol. The summed E-state index contributed by atoms with van der Waals surface area (Å²) in [6, 6.07) is 12.3. The minimum absolute atomic E-state index is 0.0901. The summed E-state index contributed by atoms with van der Waals surface area (Å²) >= 11 is 0. The highest BCUT2D eigenvalue weighted by Crippen LogP contribution is 2.38. The first-order chi connectivity index (χ1) is 15.8. The molecule has 6 nitrogen and oxygen atoms in total. The molecule has 4 rings (SSSR count). The van der Waals surface area contributed by atoms with Gasteiger partial charge in [0, 0.05) is 31.1 Å². The van der Waals surface area contributed by atoms with Crippen LogP contribution < -0.4 is 9.64 Å². The van der Waals surface area contributed by atoms with Gasteiger partial charge in [0.25, 0.3) is 5.91 Å². The van der Waals surface area contributed by atoms with Gasteiger partial charge in [-0.3, -0.25) is 9.79 Å². The van der Waals surface area contributed by atoms with Crippen LogP contribution in [0.25, 0.3) is 0 Å². The summed E-state index contributed by atoms with van der Waals surface area (Å²) in [4.78, 5) is 21.1. The molecule has 1 amide bonds. The fourth-order valence-corrected chi connectivity index (χ4v) is 4.67. The number of nitrogens with zero attached hydrogens (tertiary/aromatic N) is 3. The molecule has 0 aliphatic carbocycles. The first-order valence-corrected chi connectivity index (χ1v) is 11.3. The molecule has 2 aliphatic heterocycles.